The number of likely N-dealkylation sites (tertiary alicyclic amines) is 1. The Morgan fingerprint density at radius 3 is 2.53 bits per heavy atom. The number of hydrogen-bond acceptors (Lipinski definition) is 4. The van der Waals surface area contributed by atoms with Crippen LogP contribution in [-0.2, 0) is 15.9 Å². The number of pyridine rings is 1. The quantitative estimate of drug-likeness (QED) is 0.398. The predicted octanol–water partition coefficient (Wildman–Crippen LogP) is 6.47. The first kappa shape index (κ1) is 26.2. The van der Waals surface area contributed by atoms with Crippen molar-refractivity contribution in [1.29, 1.82) is 0 Å². The van der Waals surface area contributed by atoms with Gasteiger partial charge in [0.15, 0.2) is 0 Å². The third-order valence-corrected chi connectivity index (χ3v) is 6.39. The van der Waals surface area contributed by atoms with E-state index in [1.54, 1.807) is 4.90 Å². The standard InChI is InChI=1S/C29H42N2O3/c1-21-16-23(3)30-26(17-21)18-25-19-31(28(32)34-29(4,5)6)20-27(25)33-15-11-10-12-22(2)24-13-8-7-9-14-24/h7-9,13-14,16-17,22,25,27H,10-12,15,18-20H2,1-6H3/t22?,25-,27+/m1/s1. The van der Waals surface area contributed by atoms with Gasteiger partial charge in [0.05, 0.1) is 12.6 Å². The summed E-state index contributed by atoms with van der Waals surface area (Å²) in [6.45, 7) is 14.1. The Balaban J connectivity index is 1.55. The van der Waals surface area contributed by atoms with Crippen LogP contribution in [0.2, 0.25) is 0 Å². The zero-order valence-electron chi connectivity index (χ0n) is 21.8. The average Bonchev–Trinajstić information content (AvgIpc) is 3.15. The van der Waals surface area contributed by atoms with E-state index < -0.39 is 5.60 Å². The lowest BCUT2D eigenvalue weighted by molar-refractivity contribution is 0.0170. The molecule has 3 atom stereocenters. The average molecular weight is 467 g/mol. The molecule has 0 radical (unpaired) electrons. The summed E-state index contributed by atoms with van der Waals surface area (Å²) in [6, 6.07) is 14.9. The van der Waals surface area contributed by atoms with E-state index in [1.807, 2.05) is 27.7 Å². The van der Waals surface area contributed by atoms with E-state index in [0.717, 1.165) is 37.1 Å². The number of aryl methyl sites for hydroxylation is 2. The Bertz CT molecular complexity index is 902. The second-order valence-corrected chi connectivity index (χ2v) is 10.8. The van der Waals surface area contributed by atoms with Gasteiger partial charge in [-0.15, -0.1) is 0 Å². The van der Waals surface area contributed by atoms with E-state index in [4.69, 9.17) is 14.5 Å². The SMILES string of the molecule is Cc1cc(C)nc(C[C@@H]2CN(C(=O)OC(C)(C)C)C[C@@H]2OCCCCC(C)c2ccccc2)c1. The highest BCUT2D eigenvalue weighted by molar-refractivity contribution is 5.68. The molecule has 0 N–H and O–H groups in total. The molecule has 1 saturated heterocycles. The molecule has 0 saturated carbocycles. The maximum absolute atomic E-state index is 12.7. The normalized spacial score (nSPS) is 19.3. The van der Waals surface area contributed by atoms with Crippen LogP contribution in [0.1, 0.15) is 75.4 Å². The van der Waals surface area contributed by atoms with Crippen LogP contribution in [0.4, 0.5) is 4.79 Å². The number of amides is 1. The van der Waals surface area contributed by atoms with Crippen molar-refractivity contribution < 1.29 is 14.3 Å². The minimum Gasteiger partial charge on any atom is -0.444 e. The molecule has 5 nitrogen and oxygen atoms in total. The summed E-state index contributed by atoms with van der Waals surface area (Å²) in [6.07, 6.45) is 3.85. The Hall–Kier alpha value is -2.40. The van der Waals surface area contributed by atoms with Crippen LogP contribution in [0.25, 0.3) is 0 Å². The van der Waals surface area contributed by atoms with Crippen LogP contribution in [0.3, 0.4) is 0 Å². The Kier molecular flexibility index (Phi) is 9.12. The maximum Gasteiger partial charge on any atom is 0.410 e. The van der Waals surface area contributed by atoms with E-state index in [1.165, 1.54) is 11.1 Å². The van der Waals surface area contributed by atoms with E-state index in [2.05, 4.69) is 56.3 Å². The fourth-order valence-electron chi connectivity index (χ4n) is 4.74. The smallest absolute Gasteiger partial charge is 0.410 e. The molecule has 0 bridgehead atoms. The van der Waals surface area contributed by atoms with Crippen molar-refractivity contribution in [2.24, 2.45) is 5.92 Å². The van der Waals surface area contributed by atoms with Crippen LogP contribution >= 0.6 is 0 Å². The number of unbranched alkanes of at least 4 members (excludes halogenated alkanes) is 1. The summed E-state index contributed by atoms with van der Waals surface area (Å²) in [5.74, 6) is 0.767. The Morgan fingerprint density at radius 2 is 1.85 bits per heavy atom. The number of rotatable bonds is 9. The molecule has 3 rings (SSSR count). The summed E-state index contributed by atoms with van der Waals surface area (Å²) in [4.78, 5) is 19.3. The van der Waals surface area contributed by atoms with E-state index >= 15 is 0 Å². The number of ether oxygens (including phenoxy) is 2. The molecule has 1 fully saturated rings. The van der Waals surface area contributed by atoms with Gasteiger partial charge in [-0.2, -0.15) is 0 Å². The number of hydrogen-bond donors (Lipinski definition) is 0. The molecular weight excluding hydrogens is 424 g/mol. The number of carbonyl (C=O) groups is 1. The molecule has 1 aromatic heterocycles. The maximum atomic E-state index is 12.7. The summed E-state index contributed by atoms with van der Waals surface area (Å²) < 4.78 is 12.0. The molecule has 1 aliphatic heterocycles. The minimum atomic E-state index is -0.504. The lowest BCUT2D eigenvalue weighted by Gasteiger charge is -2.24. The highest BCUT2D eigenvalue weighted by Crippen LogP contribution is 2.27. The summed E-state index contributed by atoms with van der Waals surface area (Å²) in [5.41, 5.74) is 4.21. The fraction of sp³-hybridized carbons (Fsp3) is 0.586. The monoisotopic (exact) mass is 466 g/mol. The van der Waals surface area contributed by atoms with Gasteiger partial charge >= 0.3 is 6.09 Å². The van der Waals surface area contributed by atoms with Crippen molar-refractivity contribution in [3.63, 3.8) is 0 Å². The summed E-state index contributed by atoms with van der Waals surface area (Å²) >= 11 is 0. The minimum absolute atomic E-state index is 0.00156. The van der Waals surface area contributed by atoms with Crippen molar-refractivity contribution in [2.75, 3.05) is 19.7 Å². The van der Waals surface area contributed by atoms with Crippen LogP contribution in [0.5, 0.6) is 0 Å². The van der Waals surface area contributed by atoms with Gasteiger partial charge in [-0.3, -0.25) is 4.98 Å². The summed E-state index contributed by atoms with van der Waals surface area (Å²) in [7, 11) is 0. The van der Waals surface area contributed by atoms with Gasteiger partial charge in [-0.25, -0.2) is 4.79 Å². The van der Waals surface area contributed by atoms with Crippen molar-refractivity contribution in [1.82, 2.24) is 9.88 Å². The fourth-order valence-corrected chi connectivity index (χ4v) is 4.74. The highest BCUT2D eigenvalue weighted by atomic mass is 16.6. The van der Waals surface area contributed by atoms with Crippen molar-refractivity contribution in [2.45, 2.75) is 84.8 Å². The van der Waals surface area contributed by atoms with Crippen molar-refractivity contribution in [3.05, 3.63) is 65.0 Å². The predicted molar refractivity (Wildman–Crippen MR) is 137 cm³/mol. The first-order chi connectivity index (χ1) is 16.1. The van der Waals surface area contributed by atoms with Crippen molar-refractivity contribution in [3.8, 4) is 0 Å². The molecule has 1 unspecified atom stereocenters. The molecule has 1 aromatic carbocycles. The molecule has 2 heterocycles. The molecule has 186 valence electrons. The molecule has 5 heteroatoms. The lowest BCUT2D eigenvalue weighted by Crippen LogP contribution is -2.36. The third-order valence-electron chi connectivity index (χ3n) is 6.39. The Morgan fingerprint density at radius 1 is 1.12 bits per heavy atom. The molecule has 1 amide bonds. The number of aromatic nitrogens is 1. The highest BCUT2D eigenvalue weighted by Gasteiger charge is 2.38. The van der Waals surface area contributed by atoms with Gasteiger partial charge in [0.1, 0.15) is 5.60 Å². The van der Waals surface area contributed by atoms with Crippen LogP contribution in [-0.4, -0.2) is 47.4 Å². The van der Waals surface area contributed by atoms with E-state index in [0.29, 0.717) is 25.6 Å². The largest absolute Gasteiger partial charge is 0.444 e. The summed E-state index contributed by atoms with van der Waals surface area (Å²) in [5, 5.41) is 0. The zero-order valence-corrected chi connectivity index (χ0v) is 21.8. The van der Waals surface area contributed by atoms with Crippen LogP contribution < -0.4 is 0 Å². The molecular formula is C29H42N2O3. The van der Waals surface area contributed by atoms with Gasteiger partial charge in [0.25, 0.3) is 0 Å². The van der Waals surface area contributed by atoms with Gasteiger partial charge in [-0.05, 0) is 83.1 Å². The van der Waals surface area contributed by atoms with Gasteiger partial charge < -0.3 is 14.4 Å². The molecule has 1 aliphatic rings. The Labute approximate surface area is 205 Å². The number of benzene rings is 1. The molecule has 0 aliphatic carbocycles. The number of nitrogens with zero attached hydrogens (tertiary/aromatic N) is 2. The second-order valence-electron chi connectivity index (χ2n) is 10.8. The lowest BCUT2D eigenvalue weighted by atomic mass is 9.95. The zero-order chi connectivity index (χ0) is 24.7. The van der Waals surface area contributed by atoms with Gasteiger partial charge in [-0.1, -0.05) is 43.7 Å². The van der Waals surface area contributed by atoms with Crippen LogP contribution in [0, 0.1) is 19.8 Å². The second kappa shape index (κ2) is 11.8. The van der Waals surface area contributed by atoms with Crippen molar-refractivity contribution >= 4 is 6.09 Å². The first-order valence-electron chi connectivity index (χ1n) is 12.7. The van der Waals surface area contributed by atoms with Crippen LogP contribution in [0.15, 0.2) is 42.5 Å². The molecule has 34 heavy (non-hydrogen) atoms. The first-order valence-corrected chi connectivity index (χ1v) is 12.7. The van der Waals surface area contributed by atoms with Gasteiger partial charge in [0, 0.05) is 30.5 Å². The number of carbonyl (C=O) groups excluding carboxylic acids is 1. The third kappa shape index (κ3) is 8.12. The van der Waals surface area contributed by atoms with Gasteiger partial charge in [0.2, 0.25) is 0 Å². The van der Waals surface area contributed by atoms with E-state index in [-0.39, 0.29) is 18.1 Å². The molecule has 0 spiro atoms. The van der Waals surface area contributed by atoms with E-state index in [9.17, 15) is 4.79 Å². The topological polar surface area (TPSA) is 51.7 Å². The molecule has 2 aromatic rings.